The molecule has 34 heavy (non-hydrogen) atoms. The number of amides is 2. The van der Waals surface area contributed by atoms with Gasteiger partial charge in [-0.2, -0.15) is 0 Å². The molecule has 2 amide bonds. The third kappa shape index (κ3) is 3.46. The lowest BCUT2D eigenvalue weighted by Gasteiger charge is -2.54. The van der Waals surface area contributed by atoms with Crippen molar-refractivity contribution in [1.82, 2.24) is 20.2 Å². The molecular formula is C28H32N4O2. The van der Waals surface area contributed by atoms with Gasteiger partial charge in [0.05, 0.1) is 24.1 Å². The molecule has 6 nitrogen and oxygen atoms in total. The Labute approximate surface area is 200 Å². The largest absolute Gasteiger partial charge is 0.491 e. The molecule has 2 aromatic carbocycles. The minimum atomic E-state index is 0.0775. The predicted octanol–water partition coefficient (Wildman–Crippen LogP) is 5.27. The molecule has 2 N–H and O–H groups in total. The topological polar surface area (TPSA) is 70.2 Å². The average molecular weight is 457 g/mol. The van der Waals surface area contributed by atoms with Crippen LogP contribution in [0.3, 0.4) is 0 Å². The quantitative estimate of drug-likeness (QED) is 0.552. The normalized spacial score (nSPS) is 29.6. The van der Waals surface area contributed by atoms with E-state index in [0.29, 0.717) is 37.6 Å². The molecular weight excluding hydrogens is 424 g/mol. The standard InChI is InChI=1S/C28H32N4O2/c1-16-29-24-4-2-20(14-25(24)30-16)19-3-5-26-23(13-19)15-32(6-7-34-26)28(33)31-27-21-9-17-8-18(11-21)12-22(27)10-17/h2-5,13-14,17-18,21-22,27H,6-12,15H2,1H3,(H,29,30)(H,31,33)/t17-,18-,21-,22+,27+. The summed E-state index contributed by atoms with van der Waals surface area (Å²) in [4.78, 5) is 23.2. The molecule has 6 heteroatoms. The number of aryl methyl sites for hydroxylation is 1. The fourth-order valence-corrected chi connectivity index (χ4v) is 7.46. The zero-order chi connectivity index (χ0) is 22.8. The van der Waals surface area contributed by atoms with E-state index in [4.69, 9.17) is 4.74 Å². The van der Waals surface area contributed by atoms with Crippen LogP contribution >= 0.6 is 0 Å². The number of H-pyrrole nitrogens is 1. The van der Waals surface area contributed by atoms with Crippen molar-refractivity contribution in [2.45, 2.75) is 51.6 Å². The molecule has 4 saturated carbocycles. The van der Waals surface area contributed by atoms with Crippen molar-refractivity contribution in [1.29, 1.82) is 0 Å². The highest BCUT2D eigenvalue weighted by atomic mass is 16.5. The summed E-state index contributed by atoms with van der Waals surface area (Å²) >= 11 is 0. The third-order valence-electron chi connectivity index (χ3n) is 8.78. The summed E-state index contributed by atoms with van der Waals surface area (Å²) in [5, 5.41) is 3.48. The highest BCUT2D eigenvalue weighted by Gasteiger charge is 2.48. The maximum absolute atomic E-state index is 13.4. The van der Waals surface area contributed by atoms with Gasteiger partial charge >= 0.3 is 6.03 Å². The van der Waals surface area contributed by atoms with Crippen molar-refractivity contribution in [3.8, 4) is 16.9 Å². The molecule has 3 aromatic rings. The van der Waals surface area contributed by atoms with Gasteiger partial charge in [0, 0.05) is 11.6 Å². The van der Waals surface area contributed by atoms with Crippen molar-refractivity contribution >= 4 is 17.1 Å². The summed E-state index contributed by atoms with van der Waals surface area (Å²) in [6, 6.07) is 13.1. The lowest BCUT2D eigenvalue weighted by atomic mass is 9.54. The number of rotatable bonds is 2. The number of aromatic amines is 1. The summed E-state index contributed by atoms with van der Waals surface area (Å²) in [7, 11) is 0. The first-order chi connectivity index (χ1) is 16.6. The highest BCUT2D eigenvalue weighted by molar-refractivity contribution is 5.82. The van der Waals surface area contributed by atoms with Gasteiger partial charge in [0.1, 0.15) is 18.2 Å². The van der Waals surface area contributed by atoms with E-state index in [9.17, 15) is 4.79 Å². The Morgan fingerprint density at radius 1 is 1.03 bits per heavy atom. The van der Waals surface area contributed by atoms with Gasteiger partial charge < -0.3 is 19.9 Å². The van der Waals surface area contributed by atoms with E-state index < -0.39 is 0 Å². The van der Waals surface area contributed by atoms with E-state index in [1.165, 1.54) is 32.1 Å². The predicted molar refractivity (Wildman–Crippen MR) is 132 cm³/mol. The second-order valence-corrected chi connectivity index (χ2v) is 11.1. The van der Waals surface area contributed by atoms with Crippen LogP contribution in [0, 0.1) is 30.6 Å². The minimum absolute atomic E-state index is 0.0775. The van der Waals surface area contributed by atoms with Crippen molar-refractivity contribution in [3.05, 3.63) is 47.8 Å². The number of carbonyl (C=O) groups is 1. The zero-order valence-electron chi connectivity index (χ0n) is 19.7. The molecule has 4 fully saturated rings. The second kappa shape index (κ2) is 7.76. The number of fused-ring (bicyclic) bond motifs is 2. The molecule has 4 aliphatic carbocycles. The van der Waals surface area contributed by atoms with Gasteiger partial charge in [0.2, 0.25) is 0 Å². The Bertz CT molecular complexity index is 1240. The van der Waals surface area contributed by atoms with Gasteiger partial charge in [0.25, 0.3) is 0 Å². The summed E-state index contributed by atoms with van der Waals surface area (Å²) in [6.45, 7) is 3.69. The molecule has 1 aromatic heterocycles. The Kier molecular flexibility index (Phi) is 4.64. The van der Waals surface area contributed by atoms with Crippen LogP contribution in [0.1, 0.15) is 43.5 Å². The fraction of sp³-hybridized carbons (Fsp3) is 0.500. The zero-order valence-corrected chi connectivity index (χ0v) is 19.7. The lowest BCUT2D eigenvalue weighted by molar-refractivity contribution is -0.0111. The second-order valence-electron chi connectivity index (χ2n) is 11.1. The SMILES string of the molecule is Cc1nc2ccc(-c3ccc4c(c3)CN(C(=O)N[C@H]3[C@H]5C[C@H]6C[C@H](C5)C[C@H]3C6)CCO4)cc2[nH]1. The van der Waals surface area contributed by atoms with Gasteiger partial charge in [0.15, 0.2) is 0 Å². The van der Waals surface area contributed by atoms with Gasteiger partial charge in [-0.1, -0.05) is 12.1 Å². The van der Waals surface area contributed by atoms with E-state index in [1.54, 1.807) is 0 Å². The van der Waals surface area contributed by atoms with Crippen molar-refractivity contribution in [2.75, 3.05) is 13.2 Å². The maximum atomic E-state index is 13.4. The van der Waals surface area contributed by atoms with Crippen LogP contribution in [-0.2, 0) is 6.54 Å². The Balaban J connectivity index is 1.11. The monoisotopic (exact) mass is 456 g/mol. The first-order valence-corrected chi connectivity index (χ1v) is 12.9. The molecule has 5 aliphatic rings. The number of hydrogen-bond acceptors (Lipinski definition) is 3. The number of nitrogens with zero attached hydrogens (tertiary/aromatic N) is 2. The van der Waals surface area contributed by atoms with E-state index in [-0.39, 0.29) is 6.03 Å². The first kappa shape index (κ1) is 20.4. The number of nitrogens with one attached hydrogen (secondary N) is 2. The number of urea groups is 1. The maximum Gasteiger partial charge on any atom is 0.318 e. The number of benzene rings is 2. The van der Waals surface area contributed by atoms with Crippen molar-refractivity contribution in [2.24, 2.45) is 23.7 Å². The number of aromatic nitrogens is 2. The third-order valence-corrected chi connectivity index (χ3v) is 8.78. The van der Waals surface area contributed by atoms with Crippen LogP contribution in [0.5, 0.6) is 5.75 Å². The lowest BCUT2D eigenvalue weighted by Crippen LogP contribution is -2.58. The summed E-state index contributed by atoms with van der Waals surface area (Å²) in [5.74, 6) is 5.00. The van der Waals surface area contributed by atoms with Crippen LogP contribution in [-0.4, -0.2) is 40.1 Å². The van der Waals surface area contributed by atoms with Gasteiger partial charge in [-0.15, -0.1) is 0 Å². The van der Waals surface area contributed by atoms with E-state index in [1.807, 2.05) is 17.9 Å². The summed E-state index contributed by atoms with van der Waals surface area (Å²) in [5.41, 5.74) is 5.34. The molecule has 0 radical (unpaired) electrons. The molecule has 1 aliphatic heterocycles. The van der Waals surface area contributed by atoms with Gasteiger partial charge in [-0.25, -0.2) is 9.78 Å². The van der Waals surface area contributed by atoms with E-state index in [2.05, 4.69) is 45.6 Å². The molecule has 2 heterocycles. The fourth-order valence-electron chi connectivity index (χ4n) is 7.46. The van der Waals surface area contributed by atoms with Crippen LogP contribution in [0.4, 0.5) is 4.79 Å². The molecule has 4 bridgehead atoms. The van der Waals surface area contributed by atoms with Crippen LogP contribution in [0.2, 0.25) is 0 Å². The van der Waals surface area contributed by atoms with Gasteiger partial charge in [-0.05, 0) is 98.1 Å². The highest BCUT2D eigenvalue weighted by Crippen LogP contribution is 2.53. The molecule has 8 rings (SSSR count). The smallest absolute Gasteiger partial charge is 0.318 e. The molecule has 0 saturated heterocycles. The van der Waals surface area contributed by atoms with Gasteiger partial charge in [-0.3, -0.25) is 0 Å². The first-order valence-electron chi connectivity index (χ1n) is 12.9. The Morgan fingerprint density at radius 2 is 1.76 bits per heavy atom. The number of hydrogen-bond donors (Lipinski definition) is 2. The minimum Gasteiger partial charge on any atom is -0.491 e. The van der Waals surface area contributed by atoms with Crippen LogP contribution in [0.25, 0.3) is 22.2 Å². The number of carbonyl (C=O) groups excluding carboxylic acids is 1. The van der Waals surface area contributed by atoms with E-state index >= 15 is 0 Å². The summed E-state index contributed by atoms with van der Waals surface area (Å²) < 4.78 is 6.04. The van der Waals surface area contributed by atoms with Crippen molar-refractivity contribution in [3.63, 3.8) is 0 Å². The Hall–Kier alpha value is -3.02. The van der Waals surface area contributed by atoms with Crippen LogP contribution in [0.15, 0.2) is 36.4 Å². The molecule has 176 valence electrons. The number of imidazole rings is 1. The summed E-state index contributed by atoms with van der Waals surface area (Å²) in [6.07, 6.45) is 6.69. The molecule has 0 spiro atoms. The average Bonchev–Trinajstić information content (AvgIpc) is 3.06. The van der Waals surface area contributed by atoms with Crippen LogP contribution < -0.4 is 10.1 Å². The van der Waals surface area contributed by atoms with Crippen molar-refractivity contribution < 1.29 is 9.53 Å². The molecule has 0 unspecified atom stereocenters. The Morgan fingerprint density at radius 3 is 2.56 bits per heavy atom. The molecule has 0 atom stereocenters. The number of ether oxygens (including phenoxy) is 1. The van der Waals surface area contributed by atoms with E-state index in [0.717, 1.165) is 51.1 Å².